The van der Waals surface area contributed by atoms with Gasteiger partial charge in [0.1, 0.15) is 24.4 Å². The van der Waals surface area contributed by atoms with Gasteiger partial charge in [-0.15, -0.1) is 0 Å². The van der Waals surface area contributed by atoms with Gasteiger partial charge < -0.3 is 25.0 Å². The molecule has 0 unspecified atom stereocenters. The van der Waals surface area contributed by atoms with Gasteiger partial charge in [-0.25, -0.2) is 13.1 Å². The molecule has 10 heteroatoms. The number of allylic oxidation sites excluding steroid dienone is 1. The lowest BCUT2D eigenvalue weighted by atomic mass is 9.99. The van der Waals surface area contributed by atoms with Gasteiger partial charge in [-0.05, 0) is 37.1 Å². The van der Waals surface area contributed by atoms with Crippen LogP contribution in [0.15, 0.2) is 29.2 Å². The zero-order valence-corrected chi connectivity index (χ0v) is 17.9. The summed E-state index contributed by atoms with van der Waals surface area (Å²) < 4.78 is 32.6. The van der Waals surface area contributed by atoms with Gasteiger partial charge in [0, 0.05) is 18.8 Å². The summed E-state index contributed by atoms with van der Waals surface area (Å²) in [5.74, 6) is 0. The van der Waals surface area contributed by atoms with Crippen LogP contribution >= 0.6 is 0 Å². The summed E-state index contributed by atoms with van der Waals surface area (Å²) in [5.41, 5.74) is 1.54. The van der Waals surface area contributed by atoms with Crippen molar-refractivity contribution in [1.82, 2.24) is 4.72 Å². The van der Waals surface area contributed by atoms with E-state index in [1.807, 2.05) is 12.1 Å². The number of sulfonamides is 1. The Hall–Kier alpha value is -2.00. The maximum absolute atomic E-state index is 12.6. The molecule has 1 saturated heterocycles. The molecular weight excluding hydrogens is 410 g/mol. The lowest BCUT2D eigenvalue weighted by Gasteiger charge is -2.36. The summed E-state index contributed by atoms with van der Waals surface area (Å²) >= 11 is 0. The van der Waals surface area contributed by atoms with Crippen LogP contribution in [0.3, 0.4) is 0 Å². The molecule has 1 aliphatic rings. The van der Waals surface area contributed by atoms with Crippen molar-refractivity contribution in [2.45, 2.75) is 44.6 Å². The van der Waals surface area contributed by atoms with Crippen LogP contribution in [-0.4, -0.2) is 74.4 Å². The molecule has 4 N–H and O–H groups in total. The summed E-state index contributed by atoms with van der Waals surface area (Å²) in [6.07, 6.45) is -1.69. The third kappa shape index (κ3) is 5.78. The molecule has 0 aliphatic carbocycles. The molecule has 30 heavy (non-hydrogen) atoms. The summed E-state index contributed by atoms with van der Waals surface area (Å²) in [6.45, 7) is 5.14. The minimum atomic E-state index is -4.26. The van der Waals surface area contributed by atoms with Crippen molar-refractivity contribution in [2.24, 2.45) is 0 Å². The number of nitriles is 1. The maximum atomic E-state index is 12.6. The van der Waals surface area contributed by atoms with E-state index in [1.165, 1.54) is 6.08 Å². The summed E-state index contributed by atoms with van der Waals surface area (Å²) in [7, 11) is -4.26. The molecule has 0 aromatic heterocycles. The van der Waals surface area contributed by atoms with Crippen molar-refractivity contribution in [1.29, 1.82) is 5.26 Å². The molecule has 1 aliphatic heterocycles. The Morgan fingerprint density at radius 3 is 2.50 bits per heavy atom. The predicted octanol–water partition coefficient (Wildman–Crippen LogP) is 0.188. The number of nitrogens with zero attached hydrogens (tertiary/aromatic N) is 2. The van der Waals surface area contributed by atoms with Crippen LogP contribution in [0, 0.1) is 11.3 Å². The Morgan fingerprint density at radius 1 is 1.30 bits per heavy atom. The van der Waals surface area contributed by atoms with Crippen LogP contribution in [0.1, 0.15) is 25.8 Å². The van der Waals surface area contributed by atoms with Crippen molar-refractivity contribution < 1.29 is 28.5 Å². The largest absolute Gasteiger partial charge is 0.394 e. The highest BCUT2D eigenvalue weighted by Crippen LogP contribution is 2.20. The third-order valence-electron chi connectivity index (χ3n) is 4.95. The maximum Gasteiger partial charge on any atom is 0.251 e. The molecule has 9 nitrogen and oxygen atoms in total. The first-order chi connectivity index (χ1) is 14.3. The summed E-state index contributed by atoms with van der Waals surface area (Å²) in [6, 6.07) is 7.71. The fourth-order valence-corrected chi connectivity index (χ4v) is 4.40. The van der Waals surface area contributed by atoms with Crippen LogP contribution in [0.2, 0.25) is 0 Å². The van der Waals surface area contributed by atoms with E-state index >= 15 is 0 Å². The highest BCUT2D eigenvalue weighted by Gasteiger charge is 2.40. The normalized spacial score (nSPS) is 25.0. The molecule has 166 valence electrons. The van der Waals surface area contributed by atoms with Crippen molar-refractivity contribution in [3.8, 4) is 6.07 Å². The summed E-state index contributed by atoms with van der Waals surface area (Å²) in [4.78, 5) is 1.66. The number of hydrogen-bond acceptors (Lipinski definition) is 8. The second-order valence-corrected chi connectivity index (χ2v) is 8.74. The third-order valence-corrected chi connectivity index (χ3v) is 6.35. The minimum absolute atomic E-state index is 0.250. The molecular formula is C20H29N3O6S. The molecule has 0 bridgehead atoms. The quantitative estimate of drug-likeness (QED) is 0.399. The second kappa shape index (κ2) is 10.9. The fraction of sp³-hybridized carbons (Fsp3) is 0.550. The molecule has 0 radical (unpaired) electrons. The van der Waals surface area contributed by atoms with Gasteiger partial charge in [-0.1, -0.05) is 19.1 Å². The first-order valence-corrected chi connectivity index (χ1v) is 11.3. The monoisotopic (exact) mass is 439 g/mol. The number of ether oxygens (including phenoxy) is 1. The molecule has 1 fully saturated rings. The van der Waals surface area contributed by atoms with Crippen LogP contribution < -0.4 is 9.62 Å². The van der Waals surface area contributed by atoms with E-state index in [2.05, 4.69) is 23.5 Å². The topological polar surface area (TPSA) is 143 Å². The lowest BCUT2D eigenvalue weighted by Crippen LogP contribution is -2.59. The molecule has 1 aromatic carbocycles. The van der Waals surface area contributed by atoms with E-state index in [9.17, 15) is 23.9 Å². The SMILES string of the molecule is CCCN(CC)c1ccc(/C=C(\C#N)S(=O)(=O)N[C@H]2CO[C@H](CO)[C@@H](O)[C@@H]2O)cc1. The highest BCUT2D eigenvalue weighted by atomic mass is 32.2. The predicted molar refractivity (Wildman–Crippen MR) is 113 cm³/mol. The number of aliphatic hydroxyl groups excluding tert-OH is 3. The average Bonchev–Trinajstić information content (AvgIpc) is 2.74. The van der Waals surface area contributed by atoms with Crippen LogP contribution in [0.5, 0.6) is 0 Å². The van der Waals surface area contributed by atoms with Gasteiger partial charge in [0.25, 0.3) is 10.0 Å². The van der Waals surface area contributed by atoms with Gasteiger partial charge in [0.05, 0.1) is 19.3 Å². The van der Waals surface area contributed by atoms with Gasteiger partial charge in [-0.3, -0.25) is 0 Å². The Balaban J connectivity index is 2.17. The number of benzene rings is 1. The van der Waals surface area contributed by atoms with E-state index in [0.717, 1.165) is 25.2 Å². The molecule has 2 rings (SSSR count). The first kappa shape index (κ1) is 24.3. The number of rotatable bonds is 9. The Kier molecular flexibility index (Phi) is 8.78. The average molecular weight is 440 g/mol. The first-order valence-electron chi connectivity index (χ1n) is 9.85. The lowest BCUT2D eigenvalue weighted by molar-refractivity contribution is -0.158. The van der Waals surface area contributed by atoms with Crippen molar-refractivity contribution in [3.63, 3.8) is 0 Å². The number of anilines is 1. The van der Waals surface area contributed by atoms with E-state index in [4.69, 9.17) is 9.84 Å². The van der Waals surface area contributed by atoms with Gasteiger partial charge in [-0.2, -0.15) is 5.26 Å². The van der Waals surface area contributed by atoms with E-state index in [0.29, 0.717) is 5.56 Å². The fourth-order valence-electron chi connectivity index (χ4n) is 3.25. The van der Waals surface area contributed by atoms with Gasteiger partial charge in [0.15, 0.2) is 4.91 Å². The van der Waals surface area contributed by atoms with Gasteiger partial charge in [0.2, 0.25) is 0 Å². The second-order valence-electron chi connectivity index (χ2n) is 7.05. The number of nitrogens with one attached hydrogen (secondary N) is 1. The van der Waals surface area contributed by atoms with E-state index in [1.54, 1.807) is 18.2 Å². The van der Waals surface area contributed by atoms with Crippen LogP contribution in [0.25, 0.3) is 6.08 Å². The van der Waals surface area contributed by atoms with Crippen molar-refractivity contribution in [2.75, 3.05) is 31.2 Å². The molecule has 0 amide bonds. The van der Waals surface area contributed by atoms with Crippen molar-refractivity contribution in [3.05, 3.63) is 34.7 Å². The number of aliphatic hydroxyl groups is 3. The molecule has 4 atom stereocenters. The zero-order chi connectivity index (χ0) is 22.3. The zero-order valence-electron chi connectivity index (χ0n) is 17.1. The number of hydrogen-bond donors (Lipinski definition) is 4. The van der Waals surface area contributed by atoms with Crippen LogP contribution in [0.4, 0.5) is 5.69 Å². The van der Waals surface area contributed by atoms with E-state index < -0.39 is 45.9 Å². The molecule has 0 saturated carbocycles. The Labute approximate surface area is 177 Å². The van der Waals surface area contributed by atoms with Gasteiger partial charge >= 0.3 is 0 Å². The molecule has 1 aromatic rings. The molecule has 1 heterocycles. The molecule has 0 spiro atoms. The highest BCUT2D eigenvalue weighted by molar-refractivity contribution is 7.93. The van der Waals surface area contributed by atoms with E-state index in [-0.39, 0.29) is 6.61 Å². The Bertz CT molecular complexity index is 866. The smallest absolute Gasteiger partial charge is 0.251 e. The summed E-state index contributed by atoms with van der Waals surface area (Å²) in [5, 5.41) is 38.5. The van der Waals surface area contributed by atoms with Crippen molar-refractivity contribution >= 4 is 21.8 Å². The van der Waals surface area contributed by atoms with Crippen LogP contribution in [-0.2, 0) is 14.8 Å². The Morgan fingerprint density at radius 2 is 1.97 bits per heavy atom. The standard InChI is InChI=1S/C20H29N3O6S/c1-3-9-23(4-2)15-7-5-14(6-8-15)10-16(11-21)30(27,28)22-17-13-29-18(12-24)20(26)19(17)25/h5-8,10,17-20,22,24-26H,3-4,9,12-13H2,1-2H3/b16-10+/t17-,18+,19+,20+/m0/s1. The minimum Gasteiger partial charge on any atom is -0.394 e.